The van der Waals surface area contributed by atoms with E-state index in [0.717, 1.165) is 36.1 Å². The fourth-order valence-corrected chi connectivity index (χ4v) is 4.05. The number of aromatic nitrogens is 4. The van der Waals surface area contributed by atoms with Gasteiger partial charge in [-0.1, -0.05) is 0 Å². The lowest BCUT2D eigenvalue weighted by Gasteiger charge is -2.28. The second-order valence-corrected chi connectivity index (χ2v) is 6.97. The van der Waals surface area contributed by atoms with Crippen molar-refractivity contribution in [1.82, 2.24) is 24.5 Å². The van der Waals surface area contributed by atoms with Gasteiger partial charge >= 0.3 is 0 Å². The second-order valence-electron chi connectivity index (χ2n) is 6.09. The minimum atomic E-state index is 0.500. The van der Waals surface area contributed by atoms with E-state index in [0.29, 0.717) is 6.04 Å². The molecule has 6 nitrogen and oxygen atoms in total. The molecule has 0 bridgehead atoms. The summed E-state index contributed by atoms with van der Waals surface area (Å²) >= 11 is 1.68. The molecule has 4 heterocycles. The van der Waals surface area contributed by atoms with Gasteiger partial charge in [0.25, 0.3) is 0 Å². The third-order valence-electron chi connectivity index (χ3n) is 4.33. The van der Waals surface area contributed by atoms with Gasteiger partial charge in [0.05, 0.1) is 5.69 Å². The highest BCUT2D eigenvalue weighted by Crippen LogP contribution is 2.24. The van der Waals surface area contributed by atoms with E-state index in [4.69, 9.17) is 0 Å². The van der Waals surface area contributed by atoms with Gasteiger partial charge < -0.3 is 4.90 Å². The Balaban J connectivity index is 1.41. The van der Waals surface area contributed by atoms with Gasteiger partial charge in [0.2, 0.25) is 0 Å². The molecular formula is C16H20N6S. The molecule has 120 valence electrons. The highest BCUT2D eigenvalue weighted by molar-refractivity contribution is 7.15. The topological polar surface area (TPSA) is 49.6 Å². The Hall–Kier alpha value is -1.99. The predicted molar refractivity (Wildman–Crippen MR) is 91.8 cm³/mol. The zero-order chi connectivity index (χ0) is 15.6. The van der Waals surface area contributed by atoms with Crippen LogP contribution in [0.4, 0.5) is 5.82 Å². The molecule has 1 aliphatic heterocycles. The molecule has 4 rings (SSSR count). The molecule has 1 saturated heterocycles. The highest BCUT2D eigenvalue weighted by Gasteiger charge is 2.26. The van der Waals surface area contributed by atoms with Gasteiger partial charge in [-0.2, -0.15) is 5.10 Å². The van der Waals surface area contributed by atoms with Crippen LogP contribution in [0.2, 0.25) is 0 Å². The van der Waals surface area contributed by atoms with E-state index < -0.39 is 0 Å². The quantitative estimate of drug-likeness (QED) is 0.719. The van der Waals surface area contributed by atoms with Crippen LogP contribution >= 0.6 is 11.3 Å². The van der Waals surface area contributed by atoms with Crippen LogP contribution in [0, 0.1) is 0 Å². The number of hydrogen-bond acceptors (Lipinski definition) is 6. The van der Waals surface area contributed by atoms with Gasteiger partial charge in [0, 0.05) is 49.6 Å². The molecule has 1 fully saturated rings. The Morgan fingerprint density at radius 3 is 3.22 bits per heavy atom. The number of rotatable bonds is 5. The summed E-state index contributed by atoms with van der Waals surface area (Å²) in [7, 11) is 2.17. The van der Waals surface area contributed by atoms with E-state index in [2.05, 4.69) is 60.3 Å². The van der Waals surface area contributed by atoms with Gasteiger partial charge in [-0.25, -0.2) is 4.98 Å². The summed E-state index contributed by atoms with van der Waals surface area (Å²) in [6.45, 7) is 2.96. The Morgan fingerprint density at radius 2 is 2.39 bits per heavy atom. The van der Waals surface area contributed by atoms with Crippen molar-refractivity contribution in [3.63, 3.8) is 0 Å². The summed E-state index contributed by atoms with van der Waals surface area (Å²) in [5.41, 5.74) is 1.13. The van der Waals surface area contributed by atoms with E-state index >= 15 is 0 Å². The van der Waals surface area contributed by atoms with E-state index in [1.54, 1.807) is 17.5 Å². The molecule has 0 amide bonds. The lowest BCUT2D eigenvalue weighted by Crippen LogP contribution is -2.39. The number of nitrogens with zero attached hydrogens (tertiary/aromatic N) is 6. The molecule has 1 unspecified atom stereocenters. The van der Waals surface area contributed by atoms with Crippen LogP contribution in [0.5, 0.6) is 0 Å². The first-order valence-corrected chi connectivity index (χ1v) is 8.81. The van der Waals surface area contributed by atoms with E-state index in [1.807, 2.05) is 6.07 Å². The molecule has 3 aromatic heterocycles. The van der Waals surface area contributed by atoms with Crippen molar-refractivity contribution in [2.75, 3.05) is 25.0 Å². The van der Waals surface area contributed by atoms with E-state index in [9.17, 15) is 0 Å². The van der Waals surface area contributed by atoms with E-state index in [1.165, 1.54) is 12.8 Å². The van der Waals surface area contributed by atoms with Crippen molar-refractivity contribution in [3.8, 4) is 0 Å². The number of thiazole rings is 1. The fourth-order valence-electron chi connectivity index (χ4n) is 3.33. The van der Waals surface area contributed by atoms with Gasteiger partial charge in [-0.3, -0.25) is 9.30 Å². The predicted octanol–water partition coefficient (Wildman–Crippen LogP) is 2.29. The Bertz CT molecular complexity index is 739. The number of likely N-dealkylation sites (N-methyl/N-ethyl adjacent to an activating group) is 1. The minimum absolute atomic E-state index is 0.500. The van der Waals surface area contributed by atoms with E-state index in [-0.39, 0.29) is 0 Å². The molecule has 23 heavy (non-hydrogen) atoms. The van der Waals surface area contributed by atoms with Gasteiger partial charge in [0.15, 0.2) is 10.8 Å². The zero-order valence-electron chi connectivity index (χ0n) is 13.2. The molecular weight excluding hydrogens is 308 g/mol. The maximum absolute atomic E-state index is 4.67. The van der Waals surface area contributed by atoms with Gasteiger partial charge in [0.1, 0.15) is 0 Å². The number of imidazole rings is 1. The van der Waals surface area contributed by atoms with Crippen LogP contribution in [0.25, 0.3) is 4.96 Å². The summed E-state index contributed by atoms with van der Waals surface area (Å²) in [6, 6.07) is 4.51. The first kappa shape index (κ1) is 14.6. The normalized spacial score (nSPS) is 18.3. The average Bonchev–Trinajstić information content (AvgIpc) is 3.24. The summed E-state index contributed by atoms with van der Waals surface area (Å²) in [5, 5.41) is 10.3. The lowest BCUT2D eigenvalue weighted by molar-refractivity contribution is 0.300. The van der Waals surface area contributed by atoms with Crippen LogP contribution in [-0.2, 0) is 6.54 Å². The molecule has 0 aliphatic carbocycles. The van der Waals surface area contributed by atoms with Crippen LogP contribution in [0.3, 0.4) is 0 Å². The maximum Gasteiger partial charge on any atom is 0.193 e. The van der Waals surface area contributed by atoms with Crippen LogP contribution in [-0.4, -0.2) is 50.7 Å². The Labute approximate surface area is 139 Å². The second kappa shape index (κ2) is 6.25. The molecule has 0 aromatic carbocycles. The molecule has 0 radical (unpaired) electrons. The molecule has 7 heteroatoms. The molecule has 3 aromatic rings. The first-order valence-electron chi connectivity index (χ1n) is 7.93. The number of fused-ring (bicyclic) bond motifs is 1. The monoisotopic (exact) mass is 328 g/mol. The van der Waals surface area contributed by atoms with Crippen molar-refractivity contribution >= 4 is 22.1 Å². The summed E-state index contributed by atoms with van der Waals surface area (Å²) < 4.78 is 2.09. The highest BCUT2D eigenvalue weighted by atomic mass is 32.1. The Kier molecular flexibility index (Phi) is 3.97. The fraction of sp³-hybridized carbons (Fsp3) is 0.438. The van der Waals surface area contributed by atoms with Crippen molar-refractivity contribution < 1.29 is 0 Å². The molecule has 0 spiro atoms. The zero-order valence-corrected chi connectivity index (χ0v) is 14.0. The minimum Gasteiger partial charge on any atom is -0.351 e. The van der Waals surface area contributed by atoms with Crippen molar-refractivity contribution in [3.05, 3.63) is 41.8 Å². The molecule has 0 saturated carbocycles. The largest absolute Gasteiger partial charge is 0.351 e. The van der Waals surface area contributed by atoms with Crippen molar-refractivity contribution in [2.24, 2.45) is 0 Å². The number of hydrogen-bond donors (Lipinski definition) is 0. The summed E-state index contributed by atoms with van der Waals surface area (Å²) in [5.74, 6) is 0.992. The lowest BCUT2D eigenvalue weighted by atomic mass is 10.2. The standard InChI is InChI=1S/C16H20N6S/c1-20(10-13-11-21-8-9-23-16(21)18-13)12-14-4-3-7-22(14)15-5-2-6-17-19-15/h2,5-6,8-9,11,14H,3-4,7,10,12H2,1H3. The van der Waals surface area contributed by atoms with Crippen LogP contribution < -0.4 is 4.90 Å². The first-order chi connectivity index (χ1) is 11.3. The SMILES string of the molecule is CN(Cc1cn2ccsc2n1)CC1CCCN1c1cccnn1. The molecule has 1 atom stereocenters. The third-order valence-corrected chi connectivity index (χ3v) is 5.10. The number of anilines is 1. The van der Waals surface area contributed by atoms with Crippen molar-refractivity contribution in [1.29, 1.82) is 0 Å². The molecule has 1 aliphatic rings. The van der Waals surface area contributed by atoms with Crippen molar-refractivity contribution in [2.45, 2.75) is 25.4 Å². The van der Waals surface area contributed by atoms with Gasteiger partial charge in [-0.15, -0.1) is 16.4 Å². The average molecular weight is 328 g/mol. The van der Waals surface area contributed by atoms with Gasteiger partial charge in [-0.05, 0) is 32.0 Å². The Morgan fingerprint density at radius 1 is 1.43 bits per heavy atom. The maximum atomic E-state index is 4.67. The third kappa shape index (κ3) is 3.07. The summed E-state index contributed by atoms with van der Waals surface area (Å²) in [4.78, 5) is 10.5. The van der Waals surface area contributed by atoms with Crippen LogP contribution in [0.1, 0.15) is 18.5 Å². The van der Waals surface area contributed by atoms with Crippen LogP contribution in [0.15, 0.2) is 36.1 Å². The summed E-state index contributed by atoms with van der Waals surface area (Å²) in [6.07, 6.45) is 8.33. The smallest absolute Gasteiger partial charge is 0.193 e. The molecule has 0 N–H and O–H groups in total.